The van der Waals surface area contributed by atoms with Crippen molar-refractivity contribution in [2.75, 3.05) is 6.54 Å². The highest BCUT2D eigenvalue weighted by Gasteiger charge is 2.42. The molecule has 0 bridgehead atoms. The second-order valence-corrected chi connectivity index (χ2v) is 6.31. The van der Waals surface area contributed by atoms with E-state index in [1.807, 2.05) is 12.1 Å². The van der Waals surface area contributed by atoms with Crippen LogP contribution in [-0.2, 0) is 5.41 Å². The molecule has 102 valence electrons. The molecule has 1 aliphatic rings. The van der Waals surface area contributed by atoms with Gasteiger partial charge in [-0.1, -0.05) is 18.0 Å². The van der Waals surface area contributed by atoms with Crippen molar-refractivity contribution >= 4 is 22.6 Å². The van der Waals surface area contributed by atoms with Crippen LogP contribution in [0.4, 0.5) is 0 Å². The number of aromatic nitrogens is 2. The van der Waals surface area contributed by atoms with Gasteiger partial charge in [-0.2, -0.15) is 0 Å². The molecule has 0 aliphatic heterocycles. The Kier molecular flexibility index (Phi) is 3.06. The lowest BCUT2D eigenvalue weighted by atomic mass is 9.68. The van der Waals surface area contributed by atoms with Gasteiger partial charge in [0.25, 0.3) is 0 Å². The third-order valence-electron chi connectivity index (χ3n) is 4.34. The normalized spacial score (nSPS) is 17.9. The van der Waals surface area contributed by atoms with E-state index in [0.717, 1.165) is 34.7 Å². The molecule has 0 unspecified atom stereocenters. The van der Waals surface area contributed by atoms with Gasteiger partial charge in [-0.25, -0.2) is 4.98 Å². The fraction of sp³-hybridized carbons (Fsp3) is 0.533. The minimum absolute atomic E-state index is 0.0791. The van der Waals surface area contributed by atoms with Gasteiger partial charge >= 0.3 is 0 Å². The summed E-state index contributed by atoms with van der Waals surface area (Å²) in [5, 5.41) is 0.739. The summed E-state index contributed by atoms with van der Waals surface area (Å²) in [7, 11) is 0. The Morgan fingerprint density at radius 3 is 2.68 bits per heavy atom. The van der Waals surface area contributed by atoms with Gasteiger partial charge in [-0.3, -0.25) is 0 Å². The van der Waals surface area contributed by atoms with Crippen molar-refractivity contribution in [2.45, 2.75) is 44.6 Å². The van der Waals surface area contributed by atoms with E-state index in [1.165, 1.54) is 6.42 Å². The first kappa shape index (κ1) is 12.9. The smallest absolute Gasteiger partial charge is 0.117 e. The molecule has 1 fully saturated rings. The lowest BCUT2D eigenvalue weighted by molar-refractivity contribution is 0.228. The highest BCUT2D eigenvalue weighted by molar-refractivity contribution is 6.31. The minimum Gasteiger partial charge on any atom is -0.329 e. The van der Waals surface area contributed by atoms with Crippen LogP contribution in [0.1, 0.15) is 45.0 Å². The van der Waals surface area contributed by atoms with Gasteiger partial charge in [-0.15, -0.1) is 0 Å². The minimum atomic E-state index is 0.0791. The van der Waals surface area contributed by atoms with Crippen molar-refractivity contribution in [3.8, 4) is 0 Å². The Hall–Kier alpha value is -1.06. The molecule has 2 N–H and O–H groups in total. The monoisotopic (exact) mass is 277 g/mol. The molecule has 1 aromatic carbocycles. The van der Waals surface area contributed by atoms with Crippen LogP contribution in [0.3, 0.4) is 0 Å². The Bertz CT molecular complexity index is 606. The molecule has 0 saturated heterocycles. The molecule has 0 radical (unpaired) electrons. The van der Waals surface area contributed by atoms with Crippen molar-refractivity contribution in [3.05, 3.63) is 29.0 Å². The van der Waals surface area contributed by atoms with E-state index in [9.17, 15) is 0 Å². The van der Waals surface area contributed by atoms with Crippen molar-refractivity contribution in [1.82, 2.24) is 9.55 Å². The summed E-state index contributed by atoms with van der Waals surface area (Å²) in [6, 6.07) is 6.33. The van der Waals surface area contributed by atoms with Crippen LogP contribution in [0.5, 0.6) is 0 Å². The molecular formula is C15H20ClN3. The third kappa shape index (κ3) is 1.87. The molecule has 0 atom stereocenters. The zero-order valence-corrected chi connectivity index (χ0v) is 12.2. The standard InChI is InChI=1S/C15H20ClN3/c1-10(2)19-13-5-4-11(16)8-12(13)18-14(19)15(9-17)6-3-7-15/h4-5,8,10H,3,6-7,9,17H2,1-2H3. The maximum atomic E-state index is 6.08. The van der Waals surface area contributed by atoms with Crippen LogP contribution in [0, 0.1) is 0 Å². The van der Waals surface area contributed by atoms with Crippen LogP contribution in [0.25, 0.3) is 11.0 Å². The van der Waals surface area contributed by atoms with Gasteiger partial charge < -0.3 is 10.3 Å². The van der Waals surface area contributed by atoms with Gasteiger partial charge in [0.15, 0.2) is 0 Å². The van der Waals surface area contributed by atoms with Crippen LogP contribution in [0.2, 0.25) is 5.02 Å². The highest BCUT2D eigenvalue weighted by atomic mass is 35.5. The Morgan fingerprint density at radius 1 is 1.42 bits per heavy atom. The summed E-state index contributed by atoms with van der Waals surface area (Å²) in [4.78, 5) is 4.86. The number of rotatable bonds is 3. The fourth-order valence-electron chi connectivity index (χ4n) is 3.09. The number of fused-ring (bicyclic) bond motifs is 1. The second kappa shape index (κ2) is 4.50. The topological polar surface area (TPSA) is 43.8 Å². The van der Waals surface area contributed by atoms with Crippen LogP contribution in [-0.4, -0.2) is 16.1 Å². The molecule has 1 aromatic heterocycles. The molecule has 0 spiro atoms. The van der Waals surface area contributed by atoms with Gasteiger partial charge in [-0.05, 0) is 44.9 Å². The summed E-state index contributed by atoms with van der Waals surface area (Å²) in [5.74, 6) is 1.15. The summed E-state index contributed by atoms with van der Waals surface area (Å²) in [5.41, 5.74) is 8.26. The Balaban J connectivity index is 2.26. The summed E-state index contributed by atoms with van der Waals surface area (Å²) in [6.07, 6.45) is 3.54. The first-order chi connectivity index (χ1) is 9.07. The van der Waals surface area contributed by atoms with Crippen LogP contribution >= 0.6 is 11.6 Å². The van der Waals surface area contributed by atoms with E-state index in [2.05, 4.69) is 24.5 Å². The van der Waals surface area contributed by atoms with Crippen LogP contribution in [0.15, 0.2) is 18.2 Å². The first-order valence-corrected chi connectivity index (χ1v) is 7.33. The fourth-order valence-corrected chi connectivity index (χ4v) is 3.26. The third-order valence-corrected chi connectivity index (χ3v) is 4.58. The largest absolute Gasteiger partial charge is 0.329 e. The Labute approximate surface area is 118 Å². The molecule has 3 rings (SSSR count). The van der Waals surface area contributed by atoms with E-state index >= 15 is 0 Å². The number of nitrogens with two attached hydrogens (primary N) is 1. The summed E-state index contributed by atoms with van der Waals surface area (Å²) in [6.45, 7) is 5.07. The maximum Gasteiger partial charge on any atom is 0.117 e. The average molecular weight is 278 g/mol. The molecule has 19 heavy (non-hydrogen) atoms. The van der Waals surface area contributed by atoms with Crippen molar-refractivity contribution in [2.24, 2.45) is 5.73 Å². The van der Waals surface area contributed by atoms with Gasteiger partial charge in [0.05, 0.1) is 11.0 Å². The predicted octanol–water partition coefficient (Wildman–Crippen LogP) is 3.65. The van der Waals surface area contributed by atoms with E-state index in [4.69, 9.17) is 22.3 Å². The molecule has 4 heteroatoms. The van der Waals surface area contributed by atoms with Gasteiger partial charge in [0.2, 0.25) is 0 Å². The zero-order valence-electron chi connectivity index (χ0n) is 11.5. The number of nitrogens with zero attached hydrogens (tertiary/aromatic N) is 2. The zero-order chi connectivity index (χ0) is 13.6. The van der Waals surface area contributed by atoms with E-state index in [1.54, 1.807) is 0 Å². The van der Waals surface area contributed by atoms with E-state index in [0.29, 0.717) is 12.6 Å². The molecular weight excluding hydrogens is 258 g/mol. The SMILES string of the molecule is CC(C)n1c(C2(CN)CCC2)nc2cc(Cl)ccc21. The van der Waals surface area contributed by atoms with Crippen molar-refractivity contribution in [3.63, 3.8) is 0 Å². The average Bonchev–Trinajstić information content (AvgIpc) is 2.66. The number of hydrogen-bond acceptors (Lipinski definition) is 2. The van der Waals surface area contributed by atoms with E-state index in [-0.39, 0.29) is 5.41 Å². The second-order valence-electron chi connectivity index (χ2n) is 5.87. The molecule has 2 aromatic rings. The lowest BCUT2D eigenvalue weighted by Crippen LogP contribution is -2.44. The molecule has 1 saturated carbocycles. The number of hydrogen-bond donors (Lipinski definition) is 1. The first-order valence-electron chi connectivity index (χ1n) is 6.95. The van der Waals surface area contributed by atoms with Crippen molar-refractivity contribution < 1.29 is 0 Å². The summed E-state index contributed by atoms with van der Waals surface area (Å²) >= 11 is 6.08. The number of benzene rings is 1. The van der Waals surface area contributed by atoms with Crippen LogP contribution < -0.4 is 5.73 Å². The quantitative estimate of drug-likeness (QED) is 0.931. The maximum absolute atomic E-state index is 6.08. The van der Waals surface area contributed by atoms with Gasteiger partial charge in [0.1, 0.15) is 5.82 Å². The van der Waals surface area contributed by atoms with Crippen molar-refractivity contribution in [1.29, 1.82) is 0 Å². The molecule has 1 aliphatic carbocycles. The molecule has 3 nitrogen and oxygen atoms in total. The van der Waals surface area contributed by atoms with E-state index < -0.39 is 0 Å². The highest BCUT2D eigenvalue weighted by Crippen LogP contribution is 2.44. The van der Waals surface area contributed by atoms with Gasteiger partial charge in [0, 0.05) is 23.0 Å². The molecule has 1 heterocycles. The number of imidazole rings is 1. The number of halogens is 1. The Morgan fingerprint density at radius 2 is 2.16 bits per heavy atom. The summed E-state index contributed by atoms with van der Waals surface area (Å²) < 4.78 is 2.33. The molecule has 0 amide bonds. The lowest BCUT2D eigenvalue weighted by Gasteiger charge is -2.41. The predicted molar refractivity (Wildman–Crippen MR) is 79.7 cm³/mol.